The number of aromatic amines is 2. The molecule has 0 saturated heterocycles. The first-order valence-electron chi connectivity index (χ1n) is 7.62. The number of rotatable bonds is 1. The van der Waals surface area contributed by atoms with E-state index in [1.807, 2.05) is 28.9 Å². The fraction of sp³-hybridized carbons (Fsp3) is 0.176. The summed E-state index contributed by atoms with van der Waals surface area (Å²) in [6.07, 6.45) is 6.65. The number of H-pyrrole nitrogens is 2. The number of nitrogens with one attached hydrogen (secondary N) is 2. The van der Waals surface area contributed by atoms with E-state index in [9.17, 15) is 0 Å². The third kappa shape index (κ3) is 1.88. The van der Waals surface area contributed by atoms with E-state index in [2.05, 4.69) is 45.3 Å². The van der Waals surface area contributed by atoms with Crippen LogP contribution in [0.2, 0.25) is 0 Å². The smallest absolute Gasteiger partial charge is 0.113 e. The summed E-state index contributed by atoms with van der Waals surface area (Å²) in [5.41, 5.74) is 7.00. The molecule has 0 amide bonds. The Kier molecular flexibility index (Phi) is 2.69. The largest absolute Gasteiger partial charge is 0.352 e. The molecule has 0 bridgehead atoms. The van der Waals surface area contributed by atoms with E-state index in [0.29, 0.717) is 0 Å². The van der Waals surface area contributed by atoms with Crippen molar-refractivity contribution in [1.29, 1.82) is 0 Å². The molecule has 1 aromatic carbocycles. The maximum atomic E-state index is 4.54. The fourth-order valence-corrected chi connectivity index (χ4v) is 4.39. The molecule has 3 aromatic heterocycles. The quantitative estimate of drug-likeness (QED) is 0.562. The Bertz CT molecular complexity index is 1010. The monoisotopic (exact) mass is 321 g/mol. The zero-order chi connectivity index (χ0) is 15.4. The Morgan fingerprint density at radius 3 is 3.13 bits per heavy atom. The van der Waals surface area contributed by atoms with Crippen LogP contribution in [-0.2, 0) is 6.42 Å². The van der Waals surface area contributed by atoms with Gasteiger partial charge in [0.2, 0.25) is 0 Å². The topological polar surface area (TPSA) is 62.3 Å². The van der Waals surface area contributed by atoms with Gasteiger partial charge in [0.15, 0.2) is 0 Å². The van der Waals surface area contributed by atoms with Crippen LogP contribution in [-0.4, -0.2) is 30.5 Å². The van der Waals surface area contributed by atoms with Crippen LogP contribution in [0.3, 0.4) is 0 Å². The van der Waals surface area contributed by atoms with E-state index < -0.39 is 0 Å². The third-order valence-electron chi connectivity index (χ3n) is 4.45. The molecule has 0 atom stereocenters. The average Bonchev–Trinajstić information content (AvgIpc) is 3.25. The summed E-state index contributed by atoms with van der Waals surface area (Å²) in [5, 5.41) is 8.93. The standard InChI is InChI=1S/C17H15N5S/c1-10-12-4-7-23-17-13-8-11(22-6-5-18-9-22)2-3-14(13)19-16(17)15(12)21-20-10/h2-3,5-6,8-9,19H,4,7H2,1H3,(H,20,21). The highest BCUT2D eigenvalue weighted by Gasteiger charge is 2.23. The Hall–Kier alpha value is -2.47. The molecule has 5 nitrogen and oxygen atoms in total. The van der Waals surface area contributed by atoms with E-state index >= 15 is 0 Å². The Morgan fingerprint density at radius 1 is 1.30 bits per heavy atom. The van der Waals surface area contributed by atoms with Crippen LogP contribution in [0, 0.1) is 6.92 Å². The van der Waals surface area contributed by atoms with E-state index in [-0.39, 0.29) is 0 Å². The lowest BCUT2D eigenvalue weighted by Crippen LogP contribution is -1.90. The number of imidazole rings is 1. The zero-order valence-electron chi connectivity index (χ0n) is 12.6. The number of hydrogen-bond donors (Lipinski definition) is 2. The Balaban J connectivity index is 1.77. The third-order valence-corrected chi connectivity index (χ3v) is 5.57. The second-order valence-corrected chi connectivity index (χ2v) is 6.91. The van der Waals surface area contributed by atoms with Gasteiger partial charge in [-0.05, 0) is 31.5 Å². The van der Waals surface area contributed by atoms with Gasteiger partial charge in [0, 0.05) is 50.9 Å². The summed E-state index contributed by atoms with van der Waals surface area (Å²) in [6.45, 7) is 2.10. The summed E-state index contributed by atoms with van der Waals surface area (Å²) >= 11 is 1.91. The number of thioether (sulfide) groups is 1. The van der Waals surface area contributed by atoms with Gasteiger partial charge in [0.1, 0.15) is 5.69 Å². The van der Waals surface area contributed by atoms with Gasteiger partial charge in [-0.1, -0.05) is 0 Å². The minimum Gasteiger partial charge on any atom is -0.352 e. The van der Waals surface area contributed by atoms with Crippen molar-refractivity contribution in [3.63, 3.8) is 0 Å². The van der Waals surface area contributed by atoms with Gasteiger partial charge in [-0.25, -0.2) is 4.98 Å². The summed E-state index contributed by atoms with van der Waals surface area (Å²) in [6, 6.07) is 6.48. The molecule has 23 heavy (non-hydrogen) atoms. The van der Waals surface area contributed by atoms with Gasteiger partial charge in [-0.3, -0.25) is 5.10 Å². The molecule has 2 N–H and O–H groups in total. The summed E-state index contributed by atoms with van der Waals surface area (Å²) in [5.74, 6) is 1.07. The van der Waals surface area contributed by atoms with Crippen LogP contribution < -0.4 is 0 Å². The summed E-state index contributed by atoms with van der Waals surface area (Å²) in [4.78, 5) is 9.01. The van der Waals surface area contributed by atoms with Crippen LogP contribution in [0.15, 0.2) is 41.8 Å². The van der Waals surface area contributed by atoms with Crippen molar-refractivity contribution in [1.82, 2.24) is 24.7 Å². The molecular weight excluding hydrogens is 306 g/mol. The predicted molar refractivity (Wildman–Crippen MR) is 92.2 cm³/mol. The first-order valence-corrected chi connectivity index (χ1v) is 8.61. The molecule has 4 aromatic rings. The van der Waals surface area contributed by atoms with Crippen molar-refractivity contribution in [2.75, 3.05) is 5.75 Å². The molecule has 1 aliphatic heterocycles. The molecule has 114 valence electrons. The molecule has 0 fully saturated rings. The second-order valence-electron chi connectivity index (χ2n) is 5.80. The maximum absolute atomic E-state index is 4.54. The van der Waals surface area contributed by atoms with Crippen molar-refractivity contribution >= 4 is 22.7 Å². The van der Waals surface area contributed by atoms with Gasteiger partial charge in [0.25, 0.3) is 0 Å². The fourth-order valence-electron chi connectivity index (χ4n) is 3.26. The van der Waals surface area contributed by atoms with E-state index in [4.69, 9.17) is 0 Å². The molecule has 5 rings (SSSR count). The van der Waals surface area contributed by atoms with Crippen LogP contribution in [0.4, 0.5) is 0 Å². The predicted octanol–water partition coefficient (Wildman–Crippen LogP) is 3.70. The first-order chi connectivity index (χ1) is 11.3. The van der Waals surface area contributed by atoms with E-state index in [1.165, 1.54) is 21.5 Å². The van der Waals surface area contributed by atoms with Crippen LogP contribution in [0.1, 0.15) is 11.3 Å². The normalized spacial score (nSPS) is 13.8. The van der Waals surface area contributed by atoms with E-state index in [1.54, 1.807) is 6.20 Å². The van der Waals surface area contributed by atoms with Crippen molar-refractivity contribution in [3.8, 4) is 17.1 Å². The van der Waals surface area contributed by atoms with E-state index in [0.717, 1.165) is 34.8 Å². The molecule has 0 aliphatic carbocycles. The van der Waals surface area contributed by atoms with Gasteiger partial charge in [-0.15, -0.1) is 11.8 Å². The lowest BCUT2D eigenvalue weighted by Gasteiger charge is -2.03. The molecule has 4 heterocycles. The lowest BCUT2D eigenvalue weighted by atomic mass is 10.1. The minimum absolute atomic E-state index is 1.05. The van der Waals surface area contributed by atoms with Crippen molar-refractivity contribution in [2.24, 2.45) is 0 Å². The average molecular weight is 321 g/mol. The van der Waals surface area contributed by atoms with Gasteiger partial charge >= 0.3 is 0 Å². The van der Waals surface area contributed by atoms with Crippen LogP contribution in [0.25, 0.3) is 28.0 Å². The van der Waals surface area contributed by atoms with Crippen LogP contribution in [0.5, 0.6) is 0 Å². The number of hydrogen-bond acceptors (Lipinski definition) is 3. The van der Waals surface area contributed by atoms with Crippen molar-refractivity contribution < 1.29 is 0 Å². The van der Waals surface area contributed by atoms with Gasteiger partial charge in [-0.2, -0.15) is 5.10 Å². The highest BCUT2D eigenvalue weighted by Crippen LogP contribution is 2.42. The Morgan fingerprint density at radius 2 is 2.26 bits per heavy atom. The summed E-state index contributed by atoms with van der Waals surface area (Å²) in [7, 11) is 0. The van der Waals surface area contributed by atoms with Gasteiger partial charge < -0.3 is 9.55 Å². The van der Waals surface area contributed by atoms with Crippen LogP contribution >= 0.6 is 11.8 Å². The molecule has 0 saturated carbocycles. The summed E-state index contributed by atoms with van der Waals surface area (Å²) < 4.78 is 2.03. The first kappa shape index (κ1) is 13.0. The SMILES string of the molecule is Cc1[nH]nc2c1CCSc1c-2[nH]c2ccc(-n3ccnc3)cc12. The zero-order valence-corrected chi connectivity index (χ0v) is 13.4. The molecule has 0 unspecified atom stereocenters. The van der Waals surface area contributed by atoms with Gasteiger partial charge in [0.05, 0.1) is 12.0 Å². The number of aryl methyl sites for hydroxylation is 1. The maximum Gasteiger partial charge on any atom is 0.113 e. The molecular formula is C17H15N5S. The molecule has 0 radical (unpaired) electrons. The minimum atomic E-state index is 1.05. The Labute approximate surface area is 137 Å². The number of nitrogens with zero attached hydrogens (tertiary/aromatic N) is 3. The molecule has 0 spiro atoms. The highest BCUT2D eigenvalue weighted by molar-refractivity contribution is 7.99. The number of fused-ring (bicyclic) bond motifs is 5. The number of aromatic nitrogens is 5. The second kappa shape index (κ2) is 4.76. The lowest BCUT2D eigenvalue weighted by molar-refractivity contribution is 1.04. The molecule has 6 heteroatoms. The molecule has 1 aliphatic rings. The van der Waals surface area contributed by atoms with Crippen molar-refractivity contribution in [2.45, 2.75) is 18.2 Å². The van der Waals surface area contributed by atoms with Crippen molar-refractivity contribution in [3.05, 3.63) is 48.2 Å². The highest BCUT2D eigenvalue weighted by atomic mass is 32.2. The number of benzene rings is 1.